The Balaban J connectivity index is 2.21. The highest BCUT2D eigenvalue weighted by Gasteiger charge is 2.72. The molecule has 0 heterocycles. The predicted molar refractivity (Wildman–Crippen MR) is 45.8 cm³/mol. The van der Waals surface area contributed by atoms with E-state index in [1.807, 2.05) is 6.07 Å². The molecule has 1 N–H and O–H groups in total. The van der Waals surface area contributed by atoms with Crippen LogP contribution in [0.3, 0.4) is 0 Å². The first-order chi connectivity index (χ1) is 6.17. The summed E-state index contributed by atoms with van der Waals surface area (Å²) in [7, 11) is 0. The zero-order valence-corrected chi connectivity index (χ0v) is 7.55. The number of carboxylic acids is 1. The molecule has 70 valence electrons. The second-order valence-electron chi connectivity index (χ2n) is 4.34. The van der Waals surface area contributed by atoms with Crippen molar-refractivity contribution in [2.45, 2.75) is 38.5 Å². The monoisotopic (exact) mass is 179 g/mol. The normalized spacial score (nSPS) is 35.3. The van der Waals surface area contributed by atoms with Crippen molar-refractivity contribution in [3.05, 3.63) is 0 Å². The average molecular weight is 179 g/mol. The van der Waals surface area contributed by atoms with Crippen LogP contribution in [0, 0.1) is 22.2 Å². The summed E-state index contributed by atoms with van der Waals surface area (Å²) in [5.74, 6) is -0.906. The van der Waals surface area contributed by atoms with E-state index < -0.39 is 11.4 Å². The van der Waals surface area contributed by atoms with Gasteiger partial charge in [-0.15, -0.1) is 0 Å². The molecule has 1 unspecified atom stereocenters. The maximum absolute atomic E-state index is 11.0. The van der Waals surface area contributed by atoms with Crippen molar-refractivity contribution < 1.29 is 9.90 Å². The van der Waals surface area contributed by atoms with Crippen LogP contribution in [0.25, 0.3) is 0 Å². The predicted octanol–water partition coefficient (Wildman–Crippen LogP) is 1.94. The lowest BCUT2D eigenvalue weighted by atomic mass is 9.80. The van der Waals surface area contributed by atoms with Gasteiger partial charge in [0.2, 0.25) is 0 Å². The summed E-state index contributed by atoms with van der Waals surface area (Å²) in [6, 6.07) is 2.01. The smallest absolute Gasteiger partial charge is 0.324 e. The summed E-state index contributed by atoms with van der Waals surface area (Å²) < 4.78 is 0. The lowest BCUT2D eigenvalue weighted by Gasteiger charge is -2.23. The van der Waals surface area contributed by atoms with Crippen LogP contribution >= 0.6 is 0 Å². The highest BCUT2D eigenvalue weighted by atomic mass is 16.4. The molecule has 2 saturated carbocycles. The van der Waals surface area contributed by atoms with Crippen LogP contribution in [-0.4, -0.2) is 11.1 Å². The zero-order valence-electron chi connectivity index (χ0n) is 7.55. The van der Waals surface area contributed by atoms with Gasteiger partial charge in [0.15, 0.2) is 5.41 Å². The molecule has 0 aromatic rings. The van der Waals surface area contributed by atoms with Gasteiger partial charge < -0.3 is 5.11 Å². The number of aliphatic carboxylic acids is 1. The number of carboxylic acid groups (broad SMARTS) is 1. The third-order valence-electron chi connectivity index (χ3n) is 3.75. The van der Waals surface area contributed by atoms with Crippen molar-refractivity contribution in [1.29, 1.82) is 5.26 Å². The Morgan fingerprint density at radius 1 is 1.31 bits per heavy atom. The van der Waals surface area contributed by atoms with E-state index in [-0.39, 0.29) is 5.41 Å². The summed E-state index contributed by atoms with van der Waals surface area (Å²) in [5, 5.41) is 17.9. The summed E-state index contributed by atoms with van der Waals surface area (Å²) in [5.41, 5.74) is -1.17. The quantitative estimate of drug-likeness (QED) is 0.669. The SMILES string of the molecule is N#CC1(C(=O)O)CC12CCCCC2. The molecule has 3 heteroatoms. The minimum absolute atomic E-state index is 0.147. The number of hydrogen-bond donors (Lipinski definition) is 1. The third kappa shape index (κ3) is 0.918. The van der Waals surface area contributed by atoms with Crippen LogP contribution in [-0.2, 0) is 4.79 Å². The first kappa shape index (κ1) is 8.55. The molecule has 1 spiro atoms. The Labute approximate surface area is 77.4 Å². The number of rotatable bonds is 1. The molecular weight excluding hydrogens is 166 g/mol. The van der Waals surface area contributed by atoms with Crippen LogP contribution < -0.4 is 0 Å². The molecule has 2 rings (SSSR count). The Kier molecular flexibility index (Phi) is 1.63. The van der Waals surface area contributed by atoms with E-state index in [2.05, 4.69) is 0 Å². The molecule has 0 amide bonds. The van der Waals surface area contributed by atoms with Crippen molar-refractivity contribution >= 4 is 5.97 Å². The first-order valence-corrected chi connectivity index (χ1v) is 4.82. The van der Waals surface area contributed by atoms with Gasteiger partial charge in [-0.1, -0.05) is 19.3 Å². The van der Waals surface area contributed by atoms with Crippen molar-refractivity contribution in [2.75, 3.05) is 0 Å². The third-order valence-corrected chi connectivity index (χ3v) is 3.75. The Morgan fingerprint density at radius 3 is 2.31 bits per heavy atom. The van der Waals surface area contributed by atoms with Crippen LogP contribution in [0.2, 0.25) is 0 Å². The highest BCUT2D eigenvalue weighted by Crippen LogP contribution is 2.70. The standard InChI is InChI=1S/C10H13NO2/c11-7-10(8(12)13)6-9(10)4-2-1-3-5-9/h1-6H2,(H,12,13). The largest absolute Gasteiger partial charge is 0.480 e. The molecule has 0 aromatic carbocycles. The van der Waals surface area contributed by atoms with Crippen molar-refractivity contribution in [3.63, 3.8) is 0 Å². The molecular formula is C10H13NO2. The van der Waals surface area contributed by atoms with E-state index in [9.17, 15) is 4.79 Å². The molecule has 0 bridgehead atoms. The van der Waals surface area contributed by atoms with Crippen molar-refractivity contribution in [3.8, 4) is 6.07 Å². The van der Waals surface area contributed by atoms with Gasteiger partial charge in [0.1, 0.15) is 0 Å². The van der Waals surface area contributed by atoms with Gasteiger partial charge in [-0.05, 0) is 19.3 Å². The highest BCUT2D eigenvalue weighted by molar-refractivity contribution is 5.83. The molecule has 3 nitrogen and oxygen atoms in total. The van der Waals surface area contributed by atoms with Gasteiger partial charge in [-0.25, -0.2) is 0 Å². The topological polar surface area (TPSA) is 61.1 Å². The number of hydrogen-bond acceptors (Lipinski definition) is 2. The van der Waals surface area contributed by atoms with Gasteiger partial charge in [0.05, 0.1) is 6.07 Å². The minimum atomic E-state index is -1.02. The maximum Gasteiger partial charge on any atom is 0.324 e. The zero-order chi connectivity index (χ0) is 9.53. The molecule has 0 radical (unpaired) electrons. The maximum atomic E-state index is 11.0. The van der Waals surface area contributed by atoms with Gasteiger partial charge >= 0.3 is 5.97 Å². The lowest BCUT2D eigenvalue weighted by Crippen LogP contribution is -2.24. The number of nitriles is 1. The van der Waals surface area contributed by atoms with E-state index in [1.165, 1.54) is 6.42 Å². The van der Waals surface area contributed by atoms with Gasteiger partial charge in [0.25, 0.3) is 0 Å². The van der Waals surface area contributed by atoms with Crippen molar-refractivity contribution in [2.24, 2.45) is 10.8 Å². The molecule has 2 aliphatic carbocycles. The van der Waals surface area contributed by atoms with E-state index in [0.717, 1.165) is 25.7 Å². The molecule has 0 aromatic heterocycles. The lowest BCUT2D eigenvalue weighted by molar-refractivity contribution is -0.142. The molecule has 2 aliphatic rings. The fourth-order valence-corrected chi connectivity index (χ4v) is 2.80. The van der Waals surface area contributed by atoms with E-state index in [4.69, 9.17) is 10.4 Å². The molecule has 0 aliphatic heterocycles. The first-order valence-electron chi connectivity index (χ1n) is 4.82. The van der Waals surface area contributed by atoms with Crippen LogP contribution in [0.5, 0.6) is 0 Å². The second kappa shape index (κ2) is 2.47. The summed E-state index contributed by atoms with van der Waals surface area (Å²) in [6.45, 7) is 0. The molecule has 0 saturated heterocycles. The Morgan fingerprint density at radius 2 is 1.92 bits per heavy atom. The number of nitrogens with zero attached hydrogens (tertiary/aromatic N) is 1. The van der Waals surface area contributed by atoms with Gasteiger partial charge in [-0.3, -0.25) is 4.79 Å². The Bertz CT molecular complexity index is 286. The molecule has 1 atom stereocenters. The molecule has 13 heavy (non-hydrogen) atoms. The number of carbonyl (C=O) groups is 1. The van der Waals surface area contributed by atoms with E-state index in [0.29, 0.717) is 6.42 Å². The molecule has 2 fully saturated rings. The second-order valence-corrected chi connectivity index (χ2v) is 4.34. The summed E-state index contributed by atoms with van der Waals surface area (Å²) >= 11 is 0. The summed E-state index contributed by atoms with van der Waals surface area (Å²) in [4.78, 5) is 11.0. The van der Waals surface area contributed by atoms with Crippen molar-refractivity contribution in [1.82, 2.24) is 0 Å². The fraction of sp³-hybridized carbons (Fsp3) is 0.800. The average Bonchev–Trinajstić information content (AvgIpc) is 2.76. The van der Waals surface area contributed by atoms with E-state index >= 15 is 0 Å². The summed E-state index contributed by atoms with van der Waals surface area (Å²) in [6.07, 6.45) is 5.85. The Hall–Kier alpha value is -1.04. The van der Waals surface area contributed by atoms with Crippen LogP contribution in [0.4, 0.5) is 0 Å². The van der Waals surface area contributed by atoms with Gasteiger partial charge in [-0.2, -0.15) is 5.26 Å². The van der Waals surface area contributed by atoms with E-state index in [1.54, 1.807) is 0 Å². The van der Waals surface area contributed by atoms with Crippen LogP contribution in [0.15, 0.2) is 0 Å². The van der Waals surface area contributed by atoms with Crippen LogP contribution in [0.1, 0.15) is 38.5 Å². The van der Waals surface area contributed by atoms with Gasteiger partial charge in [0, 0.05) is 5.41 Å². The fourth-order valence-electron chi connectivity index (χ4n) is 2.80. The minimum Gasteiger partial charge on any atom is -0.480 e.